The minimum atomic E-state index is -2.33. The fraction of sp³-hybridized carbons (Fsp3) is 0.516. The topological polar surface area (TPSA) is 159 Å². The average Bonchev–Trinajstić information content (AvgIpc) is 3.03. The zero-order valence-electron chi connectivity index (χ0n) is 27.4. The van der Waals surface area contributed by atoms with Crippen LogP contribution >= 0.6 is 0 Å². The molecule has 0 spiro atoms. The summed E-state index contributed by atoms with van der Waals surface area (Å²) in [6.45, 7) is 14.2. The maximum atomic E-state index is 11.6. The first-order valence-corrected chi connectivity index (χ1v) is 14.6. The van der Waals surface area contributed by atoms with Crippen LogP contribution in [0.5, 0.6) is 11.5 Å². The maximum Gasteiger partial charge on any atom is 1.00 e. The number of carbonyl (C=O) groups is 3. The molecule has 4 rings (SSSR count). The second-order valence-corrected chi connectivity index (χ2v) is 9.35. The molecule has 2 fully saturated rings. The van der Waals surface area contributed by atoms with Gasteiger partial charge in [-0.05, 0) is 56.4 Å². The van der Waals surface area contributed by atoms with Crippen LogP contribution in [-0.2, 0) is 18.9 Å². The van der Waals surface area contributed by atoms with E-state index in [4.69, 9.17) is 43.4 Å². The predicted octanol–water partition coefficient (Wildman–Crippen LogP) is -5.29. The van der Waals surface area contributed by atoms with Crippen LogP contribution < -0.4 is 122 Å². The Bertz CT molecular complexity index is 1050. The third kappa shape index (κ3) is 20.7. The molecule has 0 atom stereocenters. The Morgan fingerprint density at radius 3 is 1.35 bits per heavy atom. The molecule has 0 amide bonds. The van der Waals surface area contributed by atoms with Gasteiger partial charge in [-0.2, -0.15) is 0 Å². The third-order valence-electron chi connectivity index (χ3n) is 6.25. The van der Waals surface area contributed by atoms with Crippen LogP contribution in [0.4, 0.5) is 4.79 Å². The van der Waals surface area contributed by atoms with E-state index in [1.165, 1.54) is 0 Å². The first-order chi connectivity index (χ1) is 21.3. The standard InChI is InChI=1S/2C15H21NO4.CH2O3.2K/c2*1-2-19-15(17)13-4-3-5-14(12-13)20-11-8-16-6-9-18-10-7-16;2-1(3)4;;/h2*3-5,12H,2,6-11H2,1H3;(H2,2,3,4);;/q;;;2*+1/p-2. The molecule has 2 aromatic rings. The summed E-state index contributed by atoms with van der Waals surface area (Å²) in [5.74, 6) is 0.768. The van der Waals surface area contributed by atoms with Gasteiger partial charge in [0.25, 0.3) is 0 Å². The first kappa shape index (κ1) is 45.4. The number of esters is 2. The van der Waals surface area contributed by atoms with E-state index in [9.17, 15) is 9.59 Å². The largest absolute Gasteiger partial charge is 1.00 e. The molecule has 0 aliphatic carbocycles. The van der Waals surface area contributed by atoms with E-state index in [1.807, 2.05) is 12.1 Å². The zero-order valence-corrected chi connectivity index (χ0v) is 33.6. The molecule has 13 nitrogen and oxygen atoms in total. The minimum Gasteiger partial charge on any atom is -0.652 e. The van der Waals surface area contributed by atoms with E-state index in [2.05, 4.69) is 9.80 Å². The van der Waals surface area contributed by atoms with Crippen LogP contribution in [0.3, 0.4) is 0 Å². The maximum absolute atomic E-state index is 11.6. The summed E-state index contributed by atoms with van der Waals surface area (Å²) in [5, 5.41) is 16.7. The molecule has 15 heteroatoms. The van der Waals surface area contributed by atoms with Crippen molar-refractivity contribution in [3.8, 4) is 11.5 Å². The Balaban J connectivity index is 0.000000759. The van der Waals surface area contributed by atoms with Crippen molar-refractivity contribution in [1.29, 1.82) is 0 Å². The monoisotopic (exact) mass is 696 g/mol. The fourth-order valence-corrected chi connectivity index (χ4v) is 4.09. The predicted molar refractivity (Wildman–Crippen MR) is 156 cm³/mol. The van der Waals surface area contributed by atoms with E-state index < -0.39 is 6.16 Å². The van der Waals surface area contributed by atoms with Gasteiger partial charge >= 0.3 is 115 Å². The summed E-state index contributed by atoms with van der Waals surface area (Å²) in [6.07, 6.45) is -2.33. The van der Waals surface area contributed by atoms with Crippen molar-refractivity contribution in [3.05, 3.63) is 59.7 Å². The number of carboxylic acid groups (broad SMARTS) is 2. The molecule has 2 saturated heterocycles. The molecule has 46 heavy (non-hydrogen) atoms. The SMILES string of the molecule is CCOC(=O)c1cccc(OCCN2CCOCC2)c1.CCOC(=O)c1cccc(OCCN2CCOCC2)c1.O=C([O-])[O-].[K+].[K+]. The smallest absolute Gasteiger partial charge is 0.652 e. The van der Waals surface area contributed by atoms with Gasteiger partial charge in [0.15, 0.2) is 0 Å². The Hall–Kier alpha value is -0.637. The molecule has 0 saturated carbocycles. The first-order valence-electron chi connectivity index (χ1n) is 14.6. The molecule has 0 aromatic heterocycles. The Kier molecular flexibility index (Phi) is 27.8. The number of ether oxygens (including phenoxy) is 6. The number of morpholine rings is 2. The van der Waals surface area contributed by atoms with Gasteiger partial charge in [-0.25, -0.2) is 9.59 Å². The molecular formula is C31H42K2N2O11. The average molecular weight is 697 g/mol. The van der Waals surface area contributed by atoms with Gasteiger partial charge in [-0.15, -0.1) is 0 Å². The minimum absolute atomic E-state index is 0. The van der Waals surface area contributed by atoms with Crippen molar-refractivity contribution in [2.45, 2.75) is 13.8 Å². The zero-order chi connectivity index (χ0) is 32.0. The summed E-state index contributed by atoms with van der Waals surface area (Å²) in [6, 6.07) is 14.2. The van der Waals surface area contributed by atoms with Crippen LogP contribution in [0.25, 0.3) is 0 Å². The van der Waals surface area contributed by atoms with Gasteiger partial charge < -0.3 is 43.4 Å². The number of nitrogens with zero attached hydrogens (tertiary/aromatic N) is 2. The van der Waals surface area contributed by atoms with Gasteiger partial charge in [0.05, 0.1) is 50.8 Å². The summed E-state index contributed by atoms with van der Waals surface area (Å²) in [4.78, 5) is 36.2. The van der Waals surface area contributed by atoms with E-state index in [0.29, 0.717) is 49.1 Å². The number of benzene rings is 2. The van der Waals surface area contributed by atoms with Gasteiger partial charge in [0, 0.05) is 39.3 Å². The van der Waals surface area contributed by atoms with E-state index in [1.54, 1.807) is 50.2 Å². The molecule has 0 radical (unpaired) electrons. The van der Waals surface area contributed by atoms with Crippen LogP contribution in [-0.4, -0.2) is 120 Å². The summed E-state index contributed by atoms with van der Waals surface area (Å²) in [7, 11) is 0. The van der Waals surface area contributed by atoms with E-state index in [0.717, 1.165) is 65.7 Å². The van der Waals surface area contributed by atoms with Crippen LogP contribution in [0.2, 0.25) is 0 Å². The third-order valence-corrected chi connectivity index (χ3v) is 6.25. The molecule has 0 unspecified atom stereocenters. The molecule has 2 aliphatic heterocycles. The molecule has 244 valence electrons. The molecule has 2 aliphatic rings. The van der Waals surface area contributed by atoms with E-state index >= 15 is 0 Å². The van der Waals surface area contributed by atoms with Crippen molar-refractivity contribution < 1.29 is 156 Å². The molecule has 2 aromatic carbocycles. The summed E-state index contributed by atoms with van der Waals surface area (Å²) in [5.41, 5.74) is 1.05. The number of hydrogen-bond donors (Lipinski definition) is 0. The van der Waals surface area contributed by atoms with Crippen molar-refractivity contribution >= 4 is 18.1 Å². The summed E-state index contributed by atoms with van der Waals surface area (Å²) < 4.78 is 31.9. The Morgan fingerprint density at radius 1 is 0.674 bits per heavy atom. The van der Waals surface area contributed by atoms with Crippen molar-refractivity contribution in [1.82, 2.24) is 9.80 Å². The van der Waals surface area contributed by atoms with Crippen LogP contribution in [0.15, 0.2) is 48.5 Å². The number of carbonyl (C=O) groups excluding carboxylic acids is 3. The summed E-state index contributed by atoms with van der Waals surface area (Å²) >= 11 is 0. The normalized spacial score (nSPS) is 14.3. The fourth-order valence-electron chi connectivity index (χ4n) is 4.09. The Morgan fingerprint density at radius 2 is 1.02 bits per heavy atom. The van der Waals surface area contributed by atoms with Crippen molar-refractivity contribution in [2.75, 3.05) is 92.1 Å². The van der Waals surface area contributed by atoms with Crippen molar-refractivity contribution in [3.63, 3.8) is 0 Å². The Labute approximate surface area is 356 Å². The van der Waals surface area contributed by atoms with Crippen LogP contribution in [0.1, 0.15) is 34.6 Å². The van der Waals surface area contributed by atoms with Gasteiger partial charge in [-0.3, -0.25) is 9.80 Å². The number of hydrogen-bond acceptors (Lipinski definition) is 13. The van der Waals surface area contributed by atoms with Crippen LogP contribution in [0, 0.1) is 0 Å². The second-order valence-electron chi connectivity index (χ2n) is 9.35. The molecule has 0 N–H and O–H groups in total. The van der Waals surface area contributed by atoms with Crippen molar-refractivity contribution in [2.24, 2.45) is 0 Å². The van der Waals surface area contributed by atoms with Gasteiger partial charge in [0.1, 0.15) is 24.7 Å². The van der Waals surface area contributed by atoms with Gasteiger partial charge in [0.2, 0.25) is 0 Å². The second kappa shape index (κ2) is 28.2. The molecule has 0 bridgehead atoms. The van der Waals surface area contributed by atoms with Gasteiger partial charge in [-0.1, -0.05) is 12.1 Å². The number of rotatable bonds is 12. The quantitative estimate of drug-likeness (QED) is 0.153. The van der Waals surface area contributed by atoms with E-state index in [-0.39, 0.29) is 115 Å². The molecular weight excluding hydrogens is 655 g/mol. The molecule has 2 heterocycles.